The van der Waals surface area contributed by atoms with Crippen molar-refractivity contribution in [1.82, 2.24) is 0 Å². The van der Waals surface area contributed by atoms with Crippen molar-refractivity contribution < 1.29 is 27.5 Å². The maximum absolute atomic E-state index is 14.0. The molecule has 9 heteroatoms. The van der Waals surface area contributed by atoms with Crippen LogP contribution in [0.15, 0.2) is 89.3 Å². The maximum atomic E-state index is 14.0. The van der Waals surface area contributed by atoms with E-state index in [0.29, 0.717) is 5.56 Å². The number of ketones is 1. The minimum Gasteiger partial charge on any atom is -0.507 e. The van der Waals surface area contributed by atoms with Crippen molar-refractivity contribution in [3.8, 4) is 0 Å². The number of benzene rings is 3. The van der Waals surface area contributed by atoms with E-state index in [0.717, 1.165) is 4.90 Å². The summed E-state index contributed by atoms with van der Waals surface area (Å²) in [6, 6.07) is 17.4. The number of amides is 1. The standard InChI is InChI=1S/C23H17FN2O5S/c24-16-8-4-7-15(13-16)20-19(21(27)14-5-2-1-3-6-14)22(28)23(29)26(20)17-9-11-18(12-10-17)32(25,30)31/h1-13,20,27H,(H2,25,30,31)/b21-19+. The van der Waals surface area contributed by atoms with Gasteiger partial charge >= 0.3 is 0 Å². The summed E-state index contributed by atoms with van der Waals surface area (Å²) in [5, 5.41) is 16.0. The van der Waals surface area contributed by atoms with E-state index in [1.165, 1.54) is 48.5 Å². The number of carbonyl (C=O) groups is 2. The van der Waals surface area contributed by atoms with Gasteiger partial charge in [0.2, 0.25) is 10.0 Å². The molecule has 3 N–H and O–H groups in total. The Morgan fingerprint density at radius 2 is 1.59 bits per heavy atom. The van der Waals surface area contributed by atoms with Gasteiger partial charge < -0.3 is 5.11 Å². The van der Waals surface area contributed by atoms with Gasteiger partial charge in [0.25, 0.3) is 11.7 Å². The van der Waals surface area contributed by atoms with Crippen LogP contribution < -0.4 is 10.0 Å². The molecule has 1 aliphatic rings. The van der Waals surface area contributed by atoms with Crippen molar-refractivity contribution in [1.29, 1.82) is 0 Å². The summed E-state index contributed by atoms with van der Waals surface area (Å²) in [7, 11) is -3.97. The minimum atomic E-state index is -3.97. The number of aliphatic hydroxyl groups excluding tert-OH is 1. The molecule has 32 heavy (non-hydrogen) atoms. The number of hydrogen-bond acceptors (Lipinski definition) is 5. The average molecular weight is 452 g/mol. The first-order valence-corrected chi connectivity index (χ1v) is 11.0. The molecule has 0 spiro atoms. The van der Waals surface area contributed by atoms with Crippen LogP contribution in [0.5, 0.6) is 0 Å². The third kappa shape index (κ3) is 3.79. The van der Waals surface area contributed by atoms with Gasteiger partial charge in [-0.25, -0.2) is 17.9 Å². The van der Waals surface area contributed by atoms with Crippen molar-refractivity contribution in [3.05, 3.63) is 101 Å². The lowest BCUT2D eigenvalue weighted by Gasteiger charge is -2.25. The van der Waals surface area contributed by atoms with Gasteiger partial charge in [-0.2, -0.15) is 0 Å². The minimum absolute atomic E-state index is 0.176. The molecule has 1 amide bonds. The summed E-state index contributed by atoms with van der Waals surface area (Å²) in [5.74, 6) is -2.88. The fourth-order valence-corrected chi connectivity index (χ4v) is 4.15. The molecular weight excluding hydrogens is 435 g/mol. The summed E-state index contributed by atoms with van der Waals surface area (Å²) >= 11 is 0. The molecule has 0 saturated carbocycles. The highest BCUT2D eigenvalue weighted by atomic mass is 32.2. The second-order valence-corrected chi connectivity index (χ2v) is 8.69. The first kappa shape index (κ1) is 21.4. The SMILES string of the molecule is NS(=O)(=O)c1ccc(N2C(=O)C(=O)/C(=C(/O)c3ccccc3)C2c2cccc(F)c2)cc1. The molecule has 1 atom stereocenters. The lowest BCUT2D eigenvalue weighted by molar-refractivity contribution is -0.132. The number of nitrogens with zero attached hydrogens (tertiary/aromatic N) is 1. The van der Waals surface area contributed by atoms with E-state index in [-0.39, 0.29) is 21.7 Å². The summed E-state index contributed by atoms with van der Waals surface area (Å²) in [5.41, 5.74) is 0.553. The second-order valence-electron chi connectivity index (χ2n) is 7.13. The maximum Gasteiger partial charge on any atom is 0.300 e. The molecule has 4 rings (SSSR count). The number of primary sulfonamides is 1. The van der Waals surface area contributed by atoms with Crippen LogP contribution in [-0.4, -0.2) is 25.2 Å². The third-order valence-corrected chi connectivity index (χ3v) is 6.03. The van der Waals surface area contributed by atoms with E-state index in [4.69, 9.17) is 5.14 Å². The second kappa shape index (κ2) is 8.03. The molecule has 1 heterocycles. The number of nitrogens with two attached hydrogens (primary N) is 1. The van der Waals surface area contributed by atoms with Crippen LogP contribution in [0.4, 0.5) is 10.1 Å². The zero-order chi connectivity index (χ0) is 23.0. The number of aliphatic hydroxyl groups is 1. The summed E-state index contributed by atoms with van der Waals surface area (Å²) in [6.07, 6.45) is 0. The Kier molecular flexibility index (Phi) is 5.37. The van der Waals surface area contributed by atoms with Crippen molar-refractivity contribution in [2.24, 2.45) is 5.14 Å². The predicted molar refractivity (Wildman–Crippen MR) is 115 cm³/mol. The molecule has 162 valence electrons. The van der Waals surface area contributed by atoms with Crippen LogP contribution in [0.25, 0.3) is 5.76 Å². The monoisotopic (exact) mass is 452 g/mol. The Labute approximate surface area is 183 Å². The van der Waals surface area contributed by atoms with E-state index in [1.54, 1.807) is 30.3 Å². The van der Waals surface area contributed by atoms with Crippen molar-refractivity contribution >= 4 is 33.2 Å². The van der Waals surface area contributed by atoms with Gasteiger partial charge in [0.05, 0.1) is 16.5 Å². The number of hydrogen-bond donors (Lipinski definition) is 2. The zero-order valence-electron chi connectivity index (χ0n) is 16.5. The molecule has 1 fully saturated rings. The Morgan fingerprint density at radius 1 is 0.938 bits per heavy atom. The Balaban J connectivity index is 1.93. The zero-order valence-corrected chi connectivity index (χ0v) is 17.3. The van der Waals surface area contributed by atoms with E-state index >= 15 is 0 Å². The van der Waals surface area contributed by atoms with E-state index in [2.05, 4.69) is 0 Å². The van der Waals surface area contributed by atoms with Gasteiger partial charge in [-0.1, -0.05) is 42.5 Å². The van der Waals surface area contributed by atoms with Gasteiger partial charge in [0.1, 0.15) is 11.6 Å². The number of carbonyl (C=O) groups excluding carboxylic acids is 2. The molecule has 7 nitrogen and oxygen atoms in total. The fourth-order valence-electron chi connectivity index (χ4n) is 3.64. The summed E-state index contributed by atoms with van der Waals surface area (Å²) in [4.78, 5) is 26.9. The molecule has 1 aliphatic heterocycles. The quantitative estimate of drug-likeness (QED) is 0.358. The summed E-state index contributed by atoms with van der Waals surface area (Å²) < 4.78 is 37.2. The highest BCUT2D eigenvalue weighted by Crippen LogP contribution is 2.42. The Bertz CT molecular complexity index is 1350. The smallest absolute Gasteiger partial charge is 0.300 e. The van der Waals surface area contributed by atoms with Gasteiger partial charge in [0, 0.05) is 11.3 Å². The number of anilines is 1. The highest BCUT2D eigenvalue weighted by molar-refractivity contribution is 7.89. The Morgan fingerprint density at radius 3 is 2.19 bits per heavy atom. The lowest BCUT2D eigenvalue weighted by Crippen LogP contribution is -2.29. The van der Waals surface area contributed by atoms with E-state index in [9.17, 15) is 27.5 Å². The Hall–Kier alpha value is -3.82. The normalized spacial score (nSPS) is 18.2. The van der Waals surface area contributed by atoms with Crippen LogP contribution >= 0.6 is 0 Å². The highest BCUT2D eigenvalue weighted by Gasteiger charge is 2.47. The first-order valence-electron chi connectivity index (χ1n) is 9.43. The van der Waals surface area contributed by atoms with Crippen LogP contribution in [0.3, 0.4) is 0 Å². The van der Waals surface area contributed by atoms with Gasteiger partial charge in [-0.05, 0) is 42.0 Å². The number of Topliss-reactive ketones (excluding diaryl/α,β-unsaturated/α-hetero) is 1. The van der Waals surface area contributed by atoms with E-state index < -0.39 is 39.3 Å². The predicted octanol–water partition coefficient (Wildman–Crippen LogP) is 3.10. The largest absolute Gasteiger partial charge is 0.507 e. The molecule has 3 aromatic carbocycles. The molecule has 3 aromatic rings. The van der Waals surface area contributed by atoms with Gasteiger partial charge in [0.15, 0.2) is 0 Å². The fraction of sp³-hybridized carbons (Fsp3) is 0.0435. The number of halogens is 1. The lowest BCUT2D eigenvalue weighted by atomic mass is 9.95. The third-order valence-electron chi connectivity index (χ3n) is 5.10. The van der Waals surface area contributed by atoms with Crippen LogP contribution in [-0.2, 0) is 19.6 Å². The van der Waals surface area contributed by atoms with Crippen LogP contribution in [0, 0.1) is 5.82 Å². The molecule has 0 bridgehead atoms. The van der Waals surface area contributed by atoms with Gasteiger partial charge in [-0.3, -0.25) is 14.5 Å². The first-order chi connectivity index (χ1) is 15.2. The van der Waals surface area contributed by atoms with Crippen LogP contribution in [0.2, 0.25) is 0 Å². The van der Waals surface area contributed by atoms with Gasteiger partial charge in [-0.15, -0.1) is 0 Å². The van der Waals surface area contributed by atoms with Crippen molar-refractivity contribution in [3.63, 3.8) is 0 Å². The topological polar surface area (TPSA) is 118 Å². The average Bonchev–Trinajstić information content (AvgIpc) is 3.04. The molecule has 0 aromatic heterocycles. The molecule has 0 radical (unpaired) electrons. The molecule has 1 unspecified atom stereocenters. The molecule has 0 aliphatic carbocycles. The molecular formula is C23H17FN2O5S. The number of rotatable bonds is 4. The summed E-state index contributed by atoms with van der Waals surface area (Å²) in [6.45, 7) is 0. The van der Waals surface area contributed by atoms with E-state index in [1.807, 2.05) is 0 Å². The van der Waals surface area contributed by atoms with Crippen molar-refractivity contribution in [2.75, 3.05) is 4.90 Å². The van der Waals surface area contributed by atoms with Crippen LogP contribution in [0.1, 0.15) is 17.2 Å². The van der Waals surface area contributed by atoms with Crippen molar-refractivity contribution in [2.45, 2.75) is 10.9 Å². The molecule has 1 saturated heterocycles. The number of sulfonamides is 1.